The van der Waals surface area contributed by atoms with Crippen molar-refractivity contribution in [2.75, 3.05) is 13.2 Å². The van der Waals surface area contributed by atoms with Crippen molar-refractivity contribution in [1.29, 1.82) is 0 Å². The van der Waals surface area contributed by atoms with Crippen LogP contribution in [0.2, 0.25) is 0 Å². The molecule has 1 N–H and O–H groups in total. The van der Waals surface area contributed by atoms with Gasteiger partial charge in [0.1, 0.15) is 6.61 Å². The standard InChI is InChI=1S/C8H15NO2/c1-8(2,3)6-4-9-7(10)5-11-6/h6H,4-5H2,1-3H3,(H,9,10). The molecule has 0 aromatic carbocycles. The third-order valence-corrected chi connectivity index (χ3v) is 1.87. The number of amides is 1. The molecule has 0 saturated carbocycles. The molecule has 1 aliphatic rings. The van der Waals surface area contributed by atoms with E-state index in [1.807, 2.05) is 0 Å². The molecule has 1 heterocycles. The van der Waals surface area contributed by atoms with E-state index in [1.165, 1.54) is 0 Å². The third-order valence-electron chi connectivity index (χ3n) is 1.87. The van der Waals surface area contributed by atoms with Crippen LogP contribution in [-0.4, -0.2) is 25.2 Å². The second-order valence-corrected chi connectivity index (χ2v) is 3.97. The number of ether oxygens (including phenoxy) is 1. The van der Waals surface area contributed by atoms with Crippen molar-refractivity contribution in [3.05, 3.63) is 0 Å². The molecule has 0 radical (unpaired) electrons. The molecule has 3 nitrogen and oxygen atoms in total. The molecular weight excluding hydrogens is 142 g/mol. The summed E-state index contributed by atoms with van der Waals surface area (Å²) in [5.41, 5.74) is 0.119. The Hall–Kier alpha value is -0.570. The molecule has 1 unspecified atom stereocenters. The van der Waals surface area contributed by atoms with Gasteiger partial charge in [0.25, 0.3) is 0 Å². The Morgan fingerprint density at radius 1 is 1.55 bits per heavy atom. The van der Waals surface area contributed by atoms with Crippen molar-refractivity contribution in [3.63, 3.8) is 0 Å². The Bertz CT molecular complexity index is 150. The number of hydrogen-bond donors (Lipinski definition) is 1. The van der Waals surface area contributed by atoms with Gasteiger partial charge in [-0.1, -0.05) is 20.8 Å². The van der Waals surface area contributed by atoms with Crippen LogP contribution in [-0.2, 0) is 9.53 Å². The molecule has 0 aliphatic carbocycles. The maximum absolute atomic E-state index is 10.7. The first-order chi connectivity index (χ1) is 5.00. The smallest absolute Gasteiger partial charge is 0.246 e. The van der Waals surface area contributed by atoms with E-state index in [2.05, 4.69) is 26.1 Å². The fourth-order valence-corrected chi connectivity index (χ4v) is 1.05. The SMILES string of the molecule is CC(C)(C)C1CNC(=O)CO1. The minimum absolute atomic E-state index is 0.00880. The molecule has 0 bridgehead atoms. The van der Waals surface area contributed by atoms with Crippen molar-refractivity contribution in [1.82, 2.24) is 5.32 Å². The van der Waals surface area contributed by atoms with Crippen molar-refractivity contribution < 1.29 is 9.53 Å². The highest BCUT2D eigenvalue weighted by Crippen LogP contribution is 2.22. The normalized spacial score (nSPS) is 26.5. The Labute approximate surface area is 67.1 Å². The predicted octanol–water partition coefficient (Wildman–Crippen LogP) is 0.547. The van der Waals surface area contributed by atoms with Crippen LogP contribution in [0.15, 0.2) is 0 Å². The van der Waals surface area contributed by atoms with Gasteiger partial charge in [-0.15, -0.1) is 0 Å². The molecule has 1 aliphatic heterocycles. The maximum Gasteiger partial charge on any atom is 0.246 e. The number of carbonyl (C=O) groups excluding carboxylic acids is 1. The summed E-state index contributed by atoms with van der Waals surface area (Å²) in [5, 5.41) is 2.77. The molecule has 1 amide bonds. The lowest BCUT2D eigenvalue weighted by Gasteiger charge is -2.33. The number of nitrogens with one attached hydrogen (secondary N) is 1. The van der Waals surface area contributed by atoms with Crippen LogP contribution in [0.3, 0.4) is 0 Å². The van der Waals surface area contributed by atoms with Gasteiger partial charge >= 0.3 is 0 Å². The van der Waals surface area contributed by atoms with Gasteiger partial charge in [-0.3, -0.25) is 4.79 Å². The summed E-state index contributed by atoms with van der Waals surface area (Å²) < 4.78 is 5.34. The Morgan fingerprint density at radius 3 is 2.55 bits per heavy atom. The molecule has 11 heavy (non-hydrogen) atoms. The first kappa shape index (κ1) is 8.53. The lowest BCUT2D eigenvalue weighted by atomic mass is 9.88. The molecule has 0 aromatic rings. The van der Waals surface area contributed by atoms with Crippen LogP contribution in [0.5, 0.6) is 0 Å². The van der Waals surface area contributed by atoms with E-state index >= 15 is 0 Å². The van der Waals surface area contributed by atoms with Crippen LogP contribution >= 0.6 is 0 Å². The first-order valence-corrected chi connectivity index (χ1v) is 3.88. The van der Waals surface area contributed by atoms with Crippen molar-refractivity contribution in [2.45, 2.75) is 26.9 Å². The second kappa shape index (κ2) is 2.81. The Balaban J connectivity index is 2.45. The van der Waals surface area contributed by atoms with E-state index in [1.54, 1.807) is 0 Å². The quantitative estimate of drug-likeness (QED) is 0.557. The number of morpholine rings is 1. The third kappa shape index (κ3) is 2.19. The van der Waals surface area contributed by atoms with Gasteiger partial charge in [-0.25, -0.2) is 0 Å². The van der Waals surface area contributed by atoms with Gasteiger partial charge in [0.05, 0.1) is 6.10 Å². The second-order valence-electron chi connectivity index (χ2n) is 3.97. The first-order valence-electron chi connectivity index (χ1n) is 3.88. The highest BCUT2D eigenvalue weighted by atomic mass is 16.5. The number of rotatable bonds is 0. The van der Waals surface area contributed by atoms with Crippen LogP contribution in [0, 0.1) is 5.41 Å². The van der Waals surface area contributed by atoms with Gasteiger partial charge in [0.15, 0.2) is 0 Å². The molecule has 1 atom stereocenters. The summed E-state index contributed by atoms with van der Waals surface area (Å²) >= 11 is 0. The Kier molecular flexibility index (Phi) is 2.18. The zero-order chi connectivity index (χ0) is 8.48. The fourth-order valence-electron chi connectivity index (χ4n) is 1.05. The predicted molar refractivity (Wildman–Crippen MR) is 42.2 cm³/mol. The number of carbonyl (C=O) groups is 1. The molecule has 0 aromatic heterocycles. The maximum atomic E-state index is 10.7. The molecule has 1 saturated heterocycles. The minimum atomic E-state index is -0.00880. The molecule has 64 valence electrons. The average Bonchev–Trinajstić information content (AvgIpc) is 1.86. The van der Waals surface area contributed by atoms with Gasteiger partial charge in [-0.2, -0.15) is 0 Å². The molecule has 3 heteroatoms. The zero-order valence-corrected chi connectivity index (χ0v) is 7.31. The lowest BCUT2D eigenvalue weighted by Crippen LogP contribution is -2.48. The largest absolute Gasteiger partial charge is 0.366 e. The zero-order valence-electron chi connectivity index (χ0n) is 7.31. The van der Waals surface area contributed by atoms with Crippen molar-refractivity contribution in [2.24, 2.45) is 5.41 Å². The highest BCUT2D eigenvalue weighted by molar-refractivity contribution is 5.77. The van der Waals surface area contributed by atoms with Crippen LogP contribution in [0.4, 0.5) is 0 Å². The van der Waals surface area contributed by atoms with E-state index in [-0.39, 0.29) is 24.0 Å². The van der Waals surface area contributed by atoms with Gasteiger partial charge in [-0.05, 0) is 5.41 Å². The van der Waals surface area contributed by atoms with Crippen LogP contribution in [0.25, 0.3) is 0 Å². The highest BCUT2D eigenvalue weighted by Gasteiger charge is 2.29. The van der Waals surface area contributed by atoms with Gasteiger partial charge in [0.2, 0.25) is 5.91 Å². The van der Waals surface area contributed by atoms with Crippen molar-refractivity contribution >= 4 is 5.91 Å². The van der Waals surface area contributed by atoms with E-state index in [0.717, 1.165) is 0 Å². The van der Waals surface area contributed by atoms with Crippen LogP contribution < -0.4 is 5.32 Å². The lowest BCUT2D eigenvalue weighted by molar-refractivity contribution is -0.137. The van der Waals surface area contributed by atoms with Crippen molar-refractivity contribution in [3.8, 4) is 0 Å². The Morgan fingerprint density at radius 2 is 2.18 bits per heavy atom. The summed E-state index contributed by atoms with van der Waals surface area (Å²) in [6.45, 7) is 7.17. The molecule has 0 spiro atoms. The van der Waals surface area contributed by atoms with E-state index in [9.17, 15) is 4.79 Å². The average molecular weight is 157 g/mol. The topological polar surface area (TPSA) is 38.3 Å². The van der Waals surface area contributed by atoms with E-state index in [4.69, 9.17) is 4.74 Å². The van der Waals surface area contributed by atoms with Gasteiger partial charge in [0, 0.05) is 6.54 Å². The van der Waals surface area contributed by atoms with Crippen LogP contribution in [0.1, 0.15) is 20.8 Å². The molecular formula is C8H15NO2. The summed E-state index contributed by atoms with van der Waals surface area (Å²) in [7, 11) is 0. The summed E-state index contributed by atoms with van der Waals surface area (Å²) in [6.07, 6.45) is 0.153. The monoisotopic (exact) mass is 157 g/mol. The summed E-state index contributed by atoms with van der Waals surface area (Å²) in [4.78, 5) is 10.7. The minimum Gasteiger partial charge on any atom is -0.366 e. The summed E-state index contributed by atoms with van der Waals surface area (Å²) in [6, 6.07) is 0. The fraction of sp³-hybridized carbons (Fsp3) is 0.875. The number of hydrogen-bond acceptors (Lipinski definition) is 2. The van der Waals surface area contributed by atoms with E-state index in [0.29, 0.717) is 6.54 Å². The molecule has 1 fully saturated rings. The molecule has 1 rings (SSSR count). The van der Waals surface area contributed by atoms with E-state index < -0.39 is 0 Å². The summed E-state index contributed by atoms with van der Waals surface area (Å²) in [5.74, 6) is -0.00880. The van der Waals surface area contributed by atoms with Gasteiger partial charge < -0.3 is 10.1 Å².